The van der Waals surface area contributed by atoms with E-state index in [1.54, 1.807) is 12.1 Å². The van der Waals surface area contributed by atoms with E-state index in [1.807, 2.05) is 6.07 Å². The van der Waals surface area contributed by atoms with E-state index in [0.717, 1.165) is 25.2 Å². The van der Waals surface area contributed by atoms with Gasteiger partial charge in [-0.3, -0.25) is 15.0 Å². The van der Waals surface area contributed by atoms with Gasteiger partial charge in [0, 0.05) is 36.9 Å². The molecule has 0 bridgehead atoms. The van der Waals surface area contributed by atoms with Crippen molar-refractivity contribution in [3.8, 4) is 0 Å². The Hall–Kier alpha value is -2.11. The molecule has 3 rings (SSSR count). The molecule has 1 saturated heterocycles. The summed E-state index contributed by atoms with van der Waals surface area (Å²) in [6.45, 7) is 4.04. The third-order valence-electron chi connectivity index (χ3n) is 4.45. The zero-order valence-corrected chi connectivity index (χ0v) is 14.2. The number of rotatable bonds is 5. The monoisotopic (exact) mass is 345 g/mol. The fourth-order valence-electron chi connectivity index (χ4n) is 3.22. The van der Waals surface area contributed by atoms with Crippen LogP contribution in [0.1, 0.15) is 18.9 Å². The summed E-state index contributed by atoms with van der Waals surface area (Å²) >= 11 is 5.87. The quantitative estimate of drug-likeness (QED) is 0.647. The topological polar surface area (TPSA) is 58.4 Å². The third-order valence-corrected chi connectivity index (χ3v) is 4.77. The van der Waals surface area contributed by atoms with Gasteiger partial charge in [-0.05, 0) is 31.0 Å². The highest BCUT2D eigenvalue weighted by molar-refractivity contribution is 6.32. The Bertz CT molecular complexity index is 723. The second kappa shape index (κ2) is 7.20. The number of nitro groups is 1. The van der Waals surface area contributed by atoms with E-state index < -0.39 is 4.92 Å². The molecule has 0 aromatic heterocycles. The van der Waals surface area contributed by atoms with E-state index in [0.29, 0.717) is 6.04 Å². The van der Waals surface area contributed by atoms with E-state index in [1.165, 1.54) is 11.6 Å². The van der Waals surface area contributed by atoms with Crippen molar-refractivity contribution in [1.82, 2.24) is 4.90 Å². The fraction of sp³-hybridized carbons (Fsp3) is 0.333. The zero-order chi connectivity index (χ0) is 17.1. The first-order valence-electron chi connectivity index (χ1n) is 8.01. The number of hydrogen-bond acceptors (Lipinski definition) is 4. The van der Waals surface area contributed by atoms with Crippen molar-refractivity contribution in [2.45, 2.75) is 32.0 Å². The molecule has 126 valence electrons. The molecular formula is C18H20ClN3O2. The number of nitro benzene ring substituents is 1. The van der Waals surface area contributed by atoms with Crippen LogP contribution in [0.25, 0.3) is 0 Å². The number of benzene rings is 2. The van der Waals surface area contributed by atoms with Crippen molar-refractivity contribution in [1.29, 1.82) is 0 Å². The fourth-order valence-corrected chi connectivity index (χ4v) is 3.41. The molecular weight excluding hydrogens is 326 g/mol. The van der Waals surface area contributed by atoms with Crippen molar-refractivity contribution < 1.29 is 4.92 Å². The van der Waals surface area contributed by atoms with Gasteiger partial charge in [0.2, 0.25) is 0 Å². The second-order valence-corrected chi connectivity index (χ2v) is 6.67. The predicted molar refractivity (Wildman–Crippen MR) is 96.4 cm³/mol. The smallest absolute Gasteiger partial charge is 0.289 e. The molecule has 1 fully saturated rings. The Kier molecular flexibility index (Phi) is 5.02. The maximum Gasteiger partial charge on any atom is 0.289 e. The van der Waals surface area contributed by atoms with Crippen molar-refractivity contribution in [3.05, 3.63) is 69.2 Å². The minimum Gasteiger partial charge on any atom is -0.381 e. The molecule has 5 nitrogen and oxygen atoms in total. The van der Waals surface area contributed by atoms with Gasteiger partial charge >= 0.3 is 0 Å². The van der Waals surface area contributed by atoms with Crippen molar-refractivity contribution in [3.63, 3.8) is 0 Å². The van der Waals surface area contributed by atoms with Crippen LogP contribution in [0.4, 0.5) is 11.4 Å². The van der Waals surface area contributed by atoms with Crippen molar-refractivity contribution in [2.24, 2.45) is 0 Å². The highest BCUT2D eigenvalue weighted by Crippen LogP contribution is 2.29. The van der Waals surface area contributed by atoms with Gasteiger partial charge in [-0.1, -0.05) is 41.9 Å². The standard InChI is InChI=1S/C18H20ClN3O2/c1-13-9-16(12-21(13)11-14-5-3-2-4-6-14)20-15-7-8-17(19)18(10-15)22(23)24/h2-8,10,13,16,20H,9,11-12H2,1H3. The first-order chi connectivity index (χ1) is 11.5. The van der Waals surface area contributed by atoms with Crippen LogP contribution in [-0.4, -0.2) is 28.5 Å². The summed E-state index contributed by atoms with van der Waals surface area (Å²) in [5, 5.41) is 14.6. The van der Waals surface area contributed by atoms with Crippen LogP contribution < -0.4 is 5.32 Å². The van der Waals surface area contributed by atoms with Gasteiger partial charge in [-0.15, -0.1) is 0 Å². The minimum atomic E-state index is -0.452. The number of halogens is 1. The van der Waals surface area contributed by atoms with Crippen LogP contribution in [-0.2, 0) is 6.54 Å². The lowest BCUT2D eigenvalue weighted by atomic mass is 10.1. The third kappa shape index (κ3) is 3.86. The Morgan fingerprint density at radius 1 is 1.29 bits per heavy atom. The van der Waals surface area contributed by atoms with Crippen molar-refractivity contribution >= 4 is 23.0 Å². The van der Waals surface area contributed by atoms with Crippen LogP contribution in [0.2, 0.25) is 5.02 Å². The Morgan fingerprint density at radius 3 is 2.75 bits per heavy atom. The Labute approximate surface area is 146 Å². The molecule has 24 heavy (non-hydrogen) atoms. The molecule has 2 aromatic rings. The highest BCUT2D eigenvalue weighted by atomic mass is 35.5. The van der Waals surface area contributed by atoms with Gasteiger partial charge in [-0.2, -0.15) is 0 Å². The number of likely N-dealkylation sites (tertiary alicyclic amines) is 1. The summed E-state index contributed by atoms with van der Waals surface area (Å²) in [5.74, 6) is 0. The first kappa shape index (κ1) is 16.7. The zero-order valence-electron chi connectivity index (χ0n) is 13.5. The highest BCUT2D eigenvalue weighted by Gasteiger charge is 2.29. The van der Waals surface area contributed by atoms with E-state index in [9.17, 15) is 10.1 Å². The van der Waals surface area contributed by atoms with E-state index >= 15 is 0 Å². The summed E-state index contributed by atoms with van der Waals surface area (Å²) in [6.07, 6.45) is 1.00. The average molecular weight is 346 g/mol. The molecule has 1 aliphatic heterocycles. The molecule has 6 heteroatoms. The summed E-state index contributed by atoms with van der Waals surface area (Å²) in [5.41, 5.74) is 1.98. The predicted octanol–water partition coefficient (Wildman–Crippen LogP) is 4.32. The van der Waals surface area contributed by atoms with E-state index in [-0.39, 0.29) is 16.8 Å². The van der Waals surface area contributed by atoms with Gasteiger partial charge < -0.3 is 5.32 Å². The maximum absolute atomic E-state index is 11.0. The molecule has 0 spiro atoms. The number of nitrogens with zero attached hydrogens (tertiary/aromatic N) is 2. The van der Waals surface area contributed by atoms with Gasteiger partial charge in [0.05, 0.1) is 4.92 Å². The van der Waals surface area contributed by atoms with Crippen LogP contribution in [0.5, 0.6) is 0 Å². The molecule has 0 aliphatic carbocycles. The number of hydrogen-bond donors (Lipinski definition) is 1. The summed E-state index contributed by atoms with van der Waals surface area (Å²) in [6, 6.07) is 16.0. The molecule has 0 radical (unpaired) electrons. The van der Waals surface area contributed by atoms with Gasteiger partial charge in [0.15, 0.2) is 0 Å². The molecule has 2 aromatic carbocycles. The minimum absolute atomic E-state index is 0.0612. The van der Waals surface area contributed by atoms with Gasteiger partial charge in [0.25, 0.3) is 5.69 Å². The molecule has 1 aliphatic rings. The number of anilines is 1. The van der Waals surface area contributed by atoms with E-state index in [2.05, 4.69) is 41.4 Å². The summed E-state index contributed by atoms with van der Waals surface area (Å²) in [7, 11) is 0. The molecule has 0 amide bonds. The SMILES string of the molecule is CC1CC(Nc2ccc(Cl)c([N+](=O)[O-])c2)CN1Cc1ccccc1. The van der Waals surface area contributed by atoms with Crippen LogP contribution in [0.3, 0.4) is 0 Å². The molecule has 0 saturated carbocycles. The Morgan fingerprint density at radius 2 is 2.04 bits per heavy atom. The lowest BCUT2D eigenvalue weighted by Crippen LogP contribution is -2.28. The summed E-state index contributed by atoms with van der Waals surface area (Å²) in [4.78, 5) is 13.0. The van der Waals surface area contributed by atoms with Crippen LogP contribution in [0.15, 0.2) is 48.5 Å². The average Bonchev–Trinajstić information content (AvgIpc) is 2.89. The lowest BCUT2D eigenvalue weighted by molar-refractivity contribution is -0.384. The molecule has 2 unspecified atom stereocenters. The van der Waals surface area contributed by atoms with Crippen molar-refractivity contribution in [2.75, 3.05) is 11.9 Å². The molecule has 1 heterocycles. The maximum atomic E-state index is 11.0. The van der Waals surface area contributed by atoms with E-state index in [4.69, 9.17) is 11.6 Å². The Balaban J connectivity index is 1.65. The largest absolute Gasteiger partial charge is 0.381 e. The lowest BCUT2D eigenvalue weighted by Gasteiger charge is -2.21. The van der Waals surface area contributed by atoms with Gasteiger partial charge in [0.1, 0.15) is 5.02 Å². The molecule has 2 atom stereocenters. The molecule has 1 N–H and O–H groups in total. The van der Waals surface area contributed by atoms with Crippen LogP contribution >= 0.6 is 11.6 Å². The first-order valence-corrected chi connectivity index (χ1v) is 8.39. The second-order valence-electron chi connectivity index (χ2n) is 6.26. The normalized spacial score (nSPS) is 20.9. The van der Waals surface area contributed by atoms with Crippen LogP contribution in [0, 0.1) is 10.1 Å². The van der Waals surface area contributed by atoms with Gasteiger partial charge in [-0.25, -0.2) is 0 Å². The summed E-state index contributed by atoms with van der Waals surface area (Å²) < 4.78 is 0. The number of nitrogens with one attached hydrogen (secondary N) is 1.